The Hall–Kier alpha value is -1.51. The van der Waals surface area contributed by atoms with Gasteiger partial charge in [0.1, 0.15) is 0 Å². The number of aryl methyl sites for hydroxylation is 1. The summed E-state index contributed by atoms with van der Waals surface area (Å²) in [4.78, 5) is 12.8. The zero-order valence-corrected chi connectivity index (χ0v) is 9.73. The Morgan fingerprint density at radius 2 is 2.31 bits per heavy atom. The molecule has 0 amide bonds. The fourth-order valence-corrected chi connectivity index (χ4v) is 2.55. The molecular weight excluding hydrogens is 202 g/mol. The van der Waals surface area contributed by atoms with Crippen molar-refractivity contribution in [3.63, 3.8) is 0 Å². The van der Waals surface area contributed by atoms with Gasteiger partial charge in [0.2, 0.25) is 0 Å². The van der Waals surface area contributed by atoms with Gasteiger partial charge in [0.15, 0.2) is 0 Å². The van der Waals surface area contributed by atoms with Crippen molar-refractivity contribution >= 4 is 11.7 Å². The average Bonchev–Trinajstić information content (AvgIpc) is 2.54. The number of aliphatic carboxylic acids is 1. The molecule has 1 aromatic rings. The fourth-order valence-electron chi connectivity index (χ4n) is 2.55. The number of benzene rings is 1. The van der Waals surface area contributed by atoms with Crippen LogP contribution in [0.4, 0.5) is 5.69 Å². The molecule has 0 aromatic heterocycles. The monoisotopic (exact) mass is 219 g/mol. The van der Waals surface area contributed by atoms with Crippen LogP contribution in [-0.4, -0.2) is 24.2 Å². The Kier molecular flexibility index (Phi) is 2.86. The number of carbonyl (C=O) groups is 1. The van der Waals surface area contributed by atoms with Crippen molar-refractivity contribution in [2.24, 2.45) is 0 Å². The van der Waals surface area contributed by atoms with Crippen molar-refractivity contribution in [3.05, 3.63) is 29.3 Å². The quantitative estimate of drug-likeness (QED) is 0.847. The average molecular weight is 219 g/mol. The van der Waals surface area contributed by atoms with Crippen LogP contribution in [0.25, 0.3) is 0 Å². The van der Waals surface area contributed by atoms with Gasteiger partial charge in [-0.1, -0.05) is 18.2 Å². The van der Waals surface area contributed by atoms with Crippen LogP contribution in [0.5, 0.6) is 0 Å². The molecule has 2 rings (SSSR count). The Balaban J connectivity index is 2.15. The van der Waals surface area contributed by atoms with Crippen LogP contribution >= 0.6 is 0 Å². The molecule has 0 spiro atoms. The summed E-state index contributed by atoms with van der Waals surface area (Å²) in [6.07, 6.45) is 1.95. The molecule has 3 heteroatoms. The molecule has 86 valence electrons. The highest BCUT2D eigenvalue weighted by Gasteiger charge is 2.27. The van der Waals surface area contributed by atoms with Crippen molar-refractivity contribution in [1.82, 2.24) is 0 Å². The van der Waals surface area contributed by atoms with Gasteiger partial charge in [-0.15, -0.1) is 0 Å². The molecule has 0 fully saturated rings. The number of hydrogen-bond donors (Lipinski definition) is 1. The lowest BCUT2D eigenvalue weighted by Gasteiger charge is -2.23. The third kappa shape index (κ3) is 1.90. The van der Waals surface area contributed by atoms with E-state index in [2.05, 4.69) is 37.1 Å². The molecule has 1 N–H and O–H groups in total. The maximum Gasteiger partial charge on any atom is 0.303 e. The molecule has 1 atom stereocenters. The van der Waals surface area contributed by atoms with Crippen molar-refractivity contribution in [2.75, 3.05) is 11.9 Å². The second-order valence-corrected chi connectivity index (χ2v) is 4.48. The lowest BCUT2D eigenvalue weighted by molar-refractivity contribution is -0.137. The van der Waals surface area contributed by atoms with Crippen molar-refractivity contribution in [3.8, 4) is 0 Å². The highest BCUT2D eigenvalue weighted by atomic mass is 16.4. The lowest BCUT2D eigenvalue weighted by Crippen LogP contribution is -2.28. The zero-order chi connectivity index (χ0) is 11.7. The van der Waals surface area contributed by atoms with E-state index in [1.54, 1.807) is 0 Å². The summed E-state index contributed by atoms with van der Waals surface area (Å²) >= 11 is 0. The van der Waals surface area contributed by atoms with E-state index in [-0.39, 0.29) is 6.42 Å². The zero-order valence-electron chi connectivity index (χ0n) is 9.73. The van der Waals surface area contributed by atoms with E-state index in [0.29, 0.717) is 6.04 Å². The summed E-state index contributed by atoms with van der Waals surface area (Å²) in [6.45, 7) is 2.11. The first-order chi connectivity index (χ1) is 7.59. The lowest BCUT2D eigenvalue weighted by atomic mass is 10.0. The largest absolute Gasteiger partial charge is 0.481 e. The van der Waals surface area contributed by atoms with Gasteiger partial charge < -0.3 is 10.0 Å². The van der Waals surface area contributed by atoms with Crippen LogP contribution in [0, 0.1) is 6.92 Å². The Labute approximate surface area is 95.7 Å². The first kappa shape index (κ1) is 11.0. The number of anilines is 1. The number of fused-ring (bicyclic) bond motifs is 1. The summed E-state index contributed by atoms with van der Waals surface area (Å²) in [5.74, 6) is -0.707. The van der Waals surface area contributed by atoms with E-state index in [9.17, 15) is 4.79 Å². The van der Waals surface area contributed by atoms with Crippen LogP contribution in [0.1, 0.15) is 24.0 Å². The minimum absolute atomic E-state index is 0.252. The normalized spacial score (nSPS) is 18.6. The van der Waals surface area contributed by atoms with E-state index in [0.717, 1.165) is 12.8 Å². The van der Waals surface area contributed by atoms with Crippen LogP contribution in [0.3, 0.4) is 0 Å². The molecule has 1 unspecified atom stereocenters. The number of hydrogen-bond acceptors (Lipinski definition) is 2. The van der Waals surface area contributed by atoms with Gasteiger partial charge in [0, 0.05) is 25.2 Å². The minimum Gasteiger partial charge on any atom is -0.481 e. The van der Waals surface area contributed by atoms with Crippen LogP contribution < -0.4 is 4.90 Å². The predicted molar refractivity (Wildman–Crippen MR) is 63.9 cm³/mol. The van der Waals surface area contributed by atoms with E-state index >= 15 is 0 Å². The standard InChI is InChI=1S/C13H17NO2/c1-9-4-3-5-10-8-11(6-7-12(15)16)14(2)13(9)10/h3-5,11H,6-8H2,1-2H3,(H,15,16). The molecular formula is C13H17NO2. The number of para-hydroxylation sites is 1. The van der Waals surface area contributed by atoms with E-state index in [1.807, 2.05) is 0 Å². The summed E-state index contributed by atoms with van der Waals surface area (Å²) in [7, 11) is 2.06. The minimum atomic E-state index is -0.707. The van der Waals surface area contributed by atoms with E-state index in [4.69, 9.17) is 5.11 Å². The molecule has 1 aromatic carbocycles. The van der Waals surface area contributed by atoms with Crippen LogP contribution in [-0.2, 0) is 11.2 Å². The maximum atomic E-state index is 10.6. The summed E-state index contributed by atoms with van der Waals surface area (Å²) < 4.78 is 0. The molecule has 0 saturated heterocycles. The fraction of sp³-hybridized carbons (Fsp3) is 0.462. The van der Waals surface area contributed by atoms with Crippen molar-refractivity contribution in [1.29, 1.82) is 0 Å². The molecule has 0 saturated carbocycles. The molecule has 1 aliphatic heterocycles. The first-order valence-corrected chi connectivity index (χ1v) is 5.62. The van der Waals surface area contributed by atoms with Crippen LogP contribution in [0.15, 0.2) is 18.2 Å². The van der Waals surface area contributed by atoms with E-state index < -0.39 is 5.97 Å². The number of rotatable bonds is 3. The second kappa shape index (κ2) is 4.16. The maximum absolute atomic E-state index is 10.6. The van der Waals surface area contributed by atoms with Gasteiger partial charge in [-0.2, -0.15) is 0 Å². The molecule has 1 aliphatic rings. The third-order valence-electron chi connectivity index (χ3n) is 3.37. The third-order valence-corrected chi connectivity index (χ3v) is 3.37. The number of nitrogens with zero attached hydrogens (tertiary/aromatic N) is 1. The Bertz CT molecular complexity index is 414. The molecule has 16 heavy (non-hydrogen) atoms. The molecule has 1 heterocycles. The van der Waals surface area contributed by atoms with Gasteiger partial charge in [0.05, 0.1) is 0 Å². The molecule has 0 bridgehead atoms. The smallest absolute Gasteiger partial charge is 0.303 e. The van der Waals surface area contributed by atoms with Gasteiger partial charge in [0.25, 0.3) is 0 Å². The summed E-state index contributed by atoms with van der Waals surface area (Å²) in [5, 5.41) is 8.71. The molecule has 0 aliphatic carbocycles. The van der Waals surface area contributed by atoms with Crippen molar-refractivity contribution in [2.45, 2.75) is 32.2 Å². The summed E-state index contributed by atoms with van der Waals surface area (Å²) in [5.41, 5.74) is 3.91. The summed E-state index contributed by atoms with van der Waals surface area (Å²) in [6, 6.07) is 6.66. The SMILES string of the molecule is Cc1cccc2c1N(C)C(CCC(=O)O)C2. The number of likely N-dealkylation sites (N-methyl/N-ethyl adjacent to an activating group) is 1. The second-order valence-electron chi connectivity index (χ2n) is 4.48. The van der Waals surface area contributed by atoms with Crippen LogP contribution in [0.2, 0.25) is 0 Å². The highest BCUT2D eigenvalue weighted by Crippen LogP contribution is 2.35. The van der Waals surface area contributed by atoms with Gasteiger partial charge in [-0.05, 0) is 30.9 Å². The Morgan fingerprint density at radius 3 is 2.94 bits per heavy atom. The Morgan fingerprint density at radius 1 is 1.56 bits per heavy atom. The number of carboxylic acids is 1. The number of carboxylic acid groups (broad SMARTS) is 1. The van der Waals surface area contributed by atoms with Crippen molar-refractivity contribution < 1.29 is 9.90 Å². The van der Waals surface area contributed by atoms with Gasteiger partial charge in [-0.3, -0.25) is 4.79 Å². The molecule has 3 nitrogen and oxygen atoms in total. The first-order valence-electron chi connectivity index (χ1n) is 5.62. The van der Waals surface area contributed by atoms with E-state index in [1.165, 1.54) is 16.8 Å². The topological polar surface area (TPSA) is 40.5 Å². The molecule has 0 radical (unpaired) electrons. The van der Waals surface area contributed by atoms with Gasteiger partial charge in [-0.25, -0.2) is 0 Å². The van der Waals surface area contributed by atoms with Gasteiger partial charge >= 0.3 is 5.97 Å². The highest BCUT2D eigenvalue weighted by molar-refractivity contribution is 5.68. The predicted octanol–water partition coefficient (Wildman–Crippen LogP) is 2.22.